The van der Waals surface area contributed by atoms with Crippen molar-refractivity contribution < 1.29 is 69.3 Å². The van der Waals surface area contributed by atoms with Gasteiger partial charge in [-0.25, -0.2) is 0 Å². The first-order valence-corrected chi connectivity index (χ1v) is 11.8. The van der Waals surface area contributed by atoms with Gasteiger partial charge < -0.3 is 69.9 Å². The van der Waals surface area contributed by atoms with Gasteiger partial charge >= 0.3 is 0 Å². The quantitative estimate of drug-likeness (QED) is 0.151. The van der Waals surface area contributed by atoms with Crippen LogP contribution in [0.1, 0.15) is 27.2 Å². The summed E-state index contributed by atoms with van der Waals surface area (Å²) < 4.78 is 28.2. The molecule has 3 fully saturated rings. The number of amides is 1. The largest absolute Gasteiger partial charge is 0.394 e. The van der Waals surface area contributed by atoms with Gasteiger partial charge in [-0.15, -0.1) is 0 Å². The van der Waals surface area contributed by atoms with Crippen LogP contribution in [0.15, 0.2) is 0 Å². The standard InChI is InChI=1S/C21H37NO14/c1-6-12(26)14(28)18(36-20-11(22-8(3)24)10(25)4-9(5-23)34-20)21(32-6)33-7(2)17-15(29)13(27)16(30)19(31)35-17/h6-7,9-21,23,25-31H,4-5H2,1-3H3,(H,22,24)/t6-,7-,9+,10+,11-,12-,13+,14+,15+,16-,17-,18+,19+,20+,21-/m1/s1. The molecule has 0 spiro atoms. The van der Waals surface area contributed by atoms with Crippen LogP contribution in [-0.2, 0) is 28.5 Å². The number of aliphatic hydroxyl groups excluding tert-OH is 8. The molecule has 3 saturated heterocycles. The number of hydrogen-bond acceptors (Lipinski definition) is 14. The zero-order valence-electron chi connectivity index (χ0n) is 20.1. The van der Waals surface area contributed by atoms with Crippen LogP contribution >= 0.6 is 0 Å². The van der Waals surface area contributed by atoms with Crippen molar-refractivity contribution in [3.8, 4) is 0 Å². The summed E-state index contributed by atoms with van der Waals surface area (Å²) in [6.07, 6.45) is -19.7. The fourth-order valence-corrected chi connectivity index (χ4v) is 4.54. The first-order chi connectivity index (χ1) is 16.8. The number of rotatable bonds is 7. The van der Waals surface area contributed by atoms with E-state index in [4.69, 9.17) is 23.7 Å². The highest BCUT2D eigenvalue weighted by Gasteiger charge is 2.51. The lowest BCUT2D eigenvalue weighted by Crippen LogP contribution is -2.65. The van der Waals surface area contributed by atoms with E-state index in [1.165, 1.54) is 20.8 Å². The maximum absolute atomic E-state index is 11.7. The molecule has 0 saturated carbocycles. The van der Waals surface area contributed by atoms with Gasteiger partial charge in [0, 0.05) is 13.3 Å². The molecule has 210 valence electrons. The zero-order chi connectivity index (χ0) is 26.9. The third-order valence-corrected chi connectivity index (χ3v) is 6.62. The summed E-state index contributed by atoms with van der Waals surface area (Å²) in [6, 6.07) is -1.10. The second-order valence-corrected chi connectivity index (χ2v) is 9.43. The fraction of sp³-hybridized carbons (Fsp3) is 0.952. The number of hydrogen-bond donors (Lipinski definition) is 9. The second kappa shape index (κ2) is 12.2. The van der Waals surface area contributed by atoms with Crippen molar-refractivity contribution in [2.75, 3.05) is 6.61 Å². The van der Waals surface area contributed by atoms with Crippen LogP contribution < -0.4 is 5.32 Å². The molecule has 0 aromatic heterocycles. The highest BCUT2D eigenvalue weighted by Crippen LogP contribution is 2.32. The number of carbonyl (C=O) groups is 1. The molecule has 15 heteroatoms. The average molecular weight is 528 g/mol. The maximum atomic E-state index is 11.7. The van der Waals surface area contributed by atoms with Gasteiger partial charge in [0.25, 0.3) is 0 Å². The summed E-state index contributed by atoms with van der Waals surface area (Å²) >= 11 is 0. The predicted molar refractivity (Wildman–Crippen MR) is 115 cm³/mol. The summed E-state index contributed by atoms with van der Waals surface area (Å²) in [4.78, 5) is 11.7. The van der Waals surface area contributed by atoms with Gasteiger partial charge in [0.2, 0.25) is 5.91 Å². The lowest BCUT2D eigenvalue weighted by molar-refractivity contribution is -0.363. The summed E-state index contributed by atoms with van der Waals surface area (Å²) in [5, 5.41) is 83.5. The molecule has 36 heavy (non-hydrogen) atoms. The van der Waals surface area contributed by atoms with Crippen molar-refractivity contribution in [1.82, 2.24) is 5.32 Å². The molecule has 3 aliphatic heterocycles. The van der Waals surface area contributed by atoms with E-state index >= 15 is 0 Å². The topological polar surface area (TPSA) is 237 Å². The molecule has 0 aliphatic carbocycles. The van der Waals surface area contributed by atoms with Gasteiger partial charge in [0.15, 0.2) is 18.9 Å². The molecule has 0 bridgehead atoms. The van der Waals surface area contributed by atoms with Gasteiger partial charge in [0.05, 0.1) is 31.0 Å². The molecule has 3 rings (SSSR count). The van der Waals surface area contributed by atoms with E-state index < -0.39 is 105 Å². The Labute approximate surface area is 207 Å². The molecule has 3 heterocycles. The van der Waals surface area contributed by atoms with Crippen molar-refractivity contribution in [1.29, 1.82) is 0 Å². The van der Waals surface area contributed by atoms with E-state index in [9.17, 15) is 45.6 Å². The minimum Gasteiger partial charge on any atom is -0.394 e. The van der Waals surface area contributed by atoms with E-state index in [1.807, 2.05) is 0 Å². The van der Waals surface area contributed by atoms with Crippen molar-refractivity contribution in [3.63, 3.8) is 0 Å². The normalized spacial score (nSPS) is 48.9. The summed E-state index contributed by atoms with van der Waals surface area (Å²) in [6.45, 7) is 3.63. The van der Waals surface area contributed by atoms with Crippen LogP contribution in [0.5, 0.6) is 0 Å². The Morgan fingerprint density at radius 1 is 0.944 bits per heavy atom. The molecule has 0 aromatic carbocycles. The Morgan fingerprint density at radius 2 is 1.61 bits per heavy atom. The van der Waals surface area contributed by atoms with Crippen LogP contribution in [0.2, 0.25) is 0 Å². The van der Waals surface area contributed by atoms with Crippen LogP contribution in [0.4, 0.5) is 0 Å². The second-order valence-electron chi connectivity index (χ2n) is 9.43. The van der Waals surface area contributed by atoms with E-state index in [-0.39, 0.29) is 6.42 Å². The van der Waals surface area contributed by atoms with Crippen LogP contribution in [0.25, 0.3) is 0 Å². The van der Waals surface area contributed by atoms with E-state index in [0.29, 0.717) is 0 Å². The molecule has 9 N–H and O–H groups in total. The van der Waals surface area contributed by atoms with Crippen molar-refractivity contribution >= 4 is 5.91 Å². The van der Waals surface area contributed by atoms with Gasteiger partial charge in [0.1, 0.15) is 48.8 Å². The number of nitrogens with one attached hydrogen (secondary N) is 1. The molecule has 15 atom stereocenters. The summed E-state index contributed by atoms with van der Waals surface area (Å²) in [5.74, 6) is -0.503. The Hall–Kier alpha value is -1.05. The molecule has 1 amide bonds. The Kier molecular flexibility index (Phi) is 10.0. The molecule has 0 radical (unpaired) electrons. The molecule has 15 nitrogen and oxygen atoms in total. The maximum Gasteiger partial charge on any atom is 0.217 e. The minimum atomic E-state index is -1.81. The predicted octanol–water partition coefficient (Wildman–Crippen LogP) is -4.98. The van der Waals surface area contributed by atoms with Crippen LogP contribution in [0.3, 0.4) is 0 Å². The zero-order valence-corrected chi connectivity index (χ0v) is 20.1. The first-order valence-electron chi connectivity index (χ1n) is 11.8. The van der Waals surface area contributed by atoms with Gasteiger partial charge in [-0.05, 0) is 13.8 Å². The van der Waals surface area contributed by atoms with E-state index in [2.05, 4.69) is 5.32 Å². The van der Waals surface area contributed by atoms with Crippen LogP contribution in [-0.4, -0.2) is 145 Å². The average Bonchev–Trinajstić information content (AvgIpc) is 2.82. The third kappa shape index (κ3) is 6.32. The summed E-state index contributed by atoms with van der Waals surface area (Å²) in [5.41, 5.74) is 0. The Bertz CT molecular complexity index is 731. The molecule has 3 aliphatic rings. The van der Waals surface area contributed by atoms with Gasteiger partial charge in [-0.3, -0.25) is 4.79 Å². The fourth-order valence-electron chi connectivity index (χ4n) is 4.54. The van der Waals surface area contributed by atoms with Gasteiger partial charge in [-0.2, -0.15) is 0 Å². The first kappa shape index (κ1) is 29.5. The summed E-state index contributed by atoms with van der Waals surface area (Å²) in [7, 11) is 0. The van der Waals surface area contributed by atoms with Crippen molar-refractivity contribution in [3.05, 3.63) is 0 Å². The number of carbonyl (C=O) groups excluding carboxylic acids is 1. The molecular weight excluding hydrogens is 490 g/mol. The van der Waals surface area contributed by atoms with E-state index in [0.717, 1.165) is 0 Å². The molecule has 0 unspecified atom stereocenters. The van der Waals surface area contributed by atoms with Crippen molar-refractivity contribution in [2.24, 2.45) is 0 Å². The monoisotopic (exact) mass is 527 g/mol. The highest BCUT2D eigenvalue weighted by molar-refractivity contribution is 5.73. The smallest absolute Gasteiger partial charge is 0.217 e. The van der Waals surface area contributed by atoms with E-state index in [1.54, 1.807) is 0 Å². The number of ether oxygens (including phenoxy) is 5. The van der Waals surface area contributed by atoms with Gasteiger partial charge in [-0.1, -0.05) is 0 Å². The van der Waals surface area contributed by atoms with Crippen molar-refractivity contribution in [2.45, 2.75) is 119 Å². The highest BCUT2D eigenvalue weighted by atomic mass is 16.8. The third-order valence-electron chi connectivity index (χ3n) is 6.62. The minimum absolute atomic E-state index is 0.00490. The molecule has 0 aromatic rings. The Balaban J connectivity index is 1.80. The Morgan fingerprint density at radius 3 is 2.22 bits per heavy atom. The lowest BCUT2D eigenvalue weighted by Gasteiger charge is -2.47. The molecular formula is C21H37NO14. The lowest BCUT2D eigenvalue weighted by atomic mass is 9.95. The van der Waals surface area contributed by atoms with Crippen LogP contribution in [0, 0.1) is 0 Å². The number of aliphatic hydroxyl groups is 8. The SMILES string of the molecule is CC(=O)N[C@H]1[C@H](O[C@@H]2[C@@H](O[C@H](C)[C@H]3O[C@H](O)[C@H](O)[C@@H](O)[C@@H]3O)O[C@H](C)[C@@H](O)[C@@H]2O)O[C@H](CO)C[C@@H]1O.